The summed E-state index contributed by atoms with van der Waals surface area (Å²) in [4.78, 5) is 12.3. The molecule has 0 unspecified atom stereocenters. The van der Waals surface area contributed by atoms with E-state index in [4.69, 9.17) is 22.7 Å². The topological polar surface area (TPSA) is 64.3 Å². The number of rotatable bonds is 8. The largest absolute Gasteiger partial charge is 0.392 e. The van der Waals surface area contributed by atoms with Crippen molar-refractivity contribution >= 4 is 23.1 Å². The molecule has 1 saturated carbocycles. The summed E-state index contributed by atoms with van der Waals surface area (Å²) < 4.78 is 5.37. The summed E-state index contributed by atoms with van der Waals surface area (Å²) in [6.07, 6.45) is 4.77. The van der Waals surface area contributed by atoms with Gasteiger partial charge in [0.25, 0.3) is 0 Å². The van der Waals surface area contributed by atoms with Gasteiger partial charge >= 0.3 is 0 Å². The van der Waals surface area contributed by atoms with E-state index in [1.54, 1.807) is 0 Å². The molecule has 1 aliphatic rings. The lowest BCUT2D eigenvalue weighted by molar-refractivity contribution is -0.131. The zero-order valence-corrected chi connectivity index (χ0v) is 11.3. The van der Waals surface area contributed by atoms with Crippen molar-refractivity contribution in [2.75, 3.05) is 19.8 Å². The first-order valence-corrected chi connectivity index (χ1v) is 6.70. The van der Waals surface area contributed by atoms with Crippen LogP contribution in [0.15, 0.2) is 0 Å². The summed E-state index contributed by atoms with van der Waals surface area (Å²) in [6, 6.07) is 0. The van der Waals surface area contributed by atoms with Crippen LogP contribution in [0.25, 0.3) is 0 Å². The van der Waals surface area contributed by atoms with Crippen molar-refractivity contribution in [3.8, 4) is 0 Å². The smallest absolute Gasteiger partial charge is 0.233 e. The van der Waals surface area contributed by atoms with Crippen molar-refractivity contribution in [1.82, 2.24) is 5.32 Å². The Morgan fingerprint density at radius 3 is 2.65 bits per heavy atom. The minimum atomic E-state index is -0.571. The number of carbonyl (C=O) groups excluding carboxylic acids is 1. The molecule has 0 saturated heterocycles. The first-order valence-electron chi connectivity index (χ1n) is 6.29. The number of nitrogens with two attached hydrogens (primary N) is 1. The second-order valence-electron chi connectivity index (χ2n) is 4.52. The third kappa shape index (κ3) is 3.64. The molecule has 0 bridgehead atoms. The van der Waals surface area contributed by atoms with Gasteiger partial charge in [0, 0.05) is 13.2 Å². The van der Waals surface area contributed by atoms with Gasteiger partial charge in [-0.05, 0) is 19.3 Å². The molecule has 0 atom stereocenters. The Balaban J connectivity index is 2.18. The average Bonchev–Trinajstić information content (AvgIpc) is 2.21. The number of nitrogens with one attached hydrogen (secondary N) is 1. The molecule has 0 aromatic heterocycles. The zero-order chi connectivity index (χ0) is 12.7. The number of hydrogen-bond donors (Lipinski definition) is 2. The maximum absolute atomic E-state index is 11.9. The number of thiocarbonyl (C=S) groups is 1. The number of hydrogen-bond acceptors (Lipinski definition) is 3. The fourth-order valence-electron chi connectivity index (χ4n) is 1.87. The minimum absolute atomic E-state index is 0.0321. The number of unbranched alkanes of at least 4 members (excludes halogenated alkanes) is 1. The summed E-state index contributed by atoms with van der Waals surface area (Å²) in [7, 11) is 0. The highest BCUT2D eigenvalue weighted by Gasteiger charge is 2.46. The van der Waals surface area contributed by atoms with Gasteiger partial charge in [0.15, 0.2) is 0 Å². The monoisotopic (exact) mass is 258 g/mol. The SMILES string of the molecule is CCCCOCCNC(=O)C1(C(N)=S)CCC1. The highest BCUT2D eigenvalue weighted by Crippen LogP contribution is 2.41. The minimum Gasteiger partial charge on any atom is -0.392 e. The van der Waals surface area contributed by atoms with Crippen LogP contribution < -0.4 is 11.1 Å². The molecule has 0 aromatic carbocycles. The van der Waals surface area contributed by atoms with Gasteiger partial charge in [0.2, 0.25) is 5.91 Å². The molecule has 1 aliphatic carbocycles. The molecule has 4 nitrogen and oxygen atoms in total. The number of ether oxygens (including phenoxy) is 1. The van der Waals surface area contributed by atoms with Gasteiger partial charge in [-0.3, -0.25) is 4.79 Å². The quantitative estimate of drug-likeness (QED) is 0.510. The van der Waals surface area contributed by atoms with Gasteiger partial charge < -0.3 is 15.8 Å². The van der Waals surface area contributed by atoms with Crippen LogP contribution in [0, 0.1) is 5.41 Å². The third-order valence-electron chi connectivity index (χ3n) is 3.29. The molecule has 98 valence electrons. The summed E-state index contributed by atoms with van der Waals surface area (Å²) in [5.74, 6) is -0.0321. The Hall–Kier alpha value is -0.680. The molecule has 0 aromatic rings. The Labute approximate surface area is 108 Å². The lowest BCUT2D eigenvalue weighted by Gasteiger charge is -2.39. The molecule has 0 radical (unpaired) electrons. The van der Waals surface area contributed by atoms with Crippen molar-refractivity contribution in [1.29, 1.82) is 0 Å². The Morgan fingerprint density at radius 2 is 2.18 bits per heavy atom. The van der Waals surface area contributed by atoms with Crippen LogP contribution in [0.3, 0.4) is 0 Å². The van der Waals surface area contributed by atoms with E-state index < -0.39 is 5.41 Å². The maximum atomic E-state index is 11.9. The predicted octanol–water partition coefficient (Wildman–Crippen LogP) is 1.38. The lowest BCUT2D eigenvalue weighted by atomic mass is 9.68. The van der Waals surface area contributed by atoms with Crippen molar-refractivity contribution in [2.24, 2.45) is 11.1 Å². The maximum Gasteiger partial charge on any atom is 0.233 e. The molecule has 17 heavy (non-hydrogen) atoms. The van der Waals surface area contributed by atoms with E-state index in [9.17, 15) is 4.79 Å². The van der Waals surface area contributed by atoms with Crippen LogP contribution in [0.1, 0.15) is 39.0 Å². The fourth-order valence-corrected chi connectivity index (χ4v) is 2.17. The summed E-state index contributed by atoms with van der Waals surface area (Å²) in [6.45, 7) is 3.96. The number of amides is 1. The van der Waals surface area contributed by atoms with E-state index in [1.165, 1.54) is 0 Å². The molecule has 0 spiro atoms. The molecular formula is C12H22N2O2S. The van der Waals surface area contributed by atoms with Gasteiger partial charge in [-0.1, -0.05) is 32.0 Å². The van der Waals surface area contributed by atoms with Gasteiger partial charge in [-0.2, -0.15) is 0 Å². The van der Waals surface area contributed by atoms with Gasteiger partial charge in [-0.25, -0.2) is 0 Å². The molecule has 1 amide bonds. The Morgan fingerprint density at radius 1 is 1.47 bits per heavy atom. The molecule has 5 heteroatoms. The van der Waals surface area contributed by atoms with Crippen molar-refractivity contribution in [2.45, 2.75) is 39.0 Å². The lowest BCUT2D eigenvalue weighted by Crippen LogP contribution is -2.53. The first-order chi connectivity index (χ1) is 8.13. The second-order valence-corrected chi connectivity index (χ2v) is 4.96. The Kier molecular flexibility index (Phi) is 5.85. The number of carbonyl (C=O) groups is 1. The van der Waals surface area contributed by atoms with Crippen molar-refractivity contribution in [3.05, 3.63) is 0 Å². The van der Waals surface area contributed by atoms with E-state index in [0.717, 1.165) is 38.7 Å². The molecular weight excluding hydrogens is 236 g/mol. The van der Waals surface area contributed by atoms with Gasteiger partial charge in [-0.15, -0.1) is 0 Å². The van der Waals surface area contributed by atoms with Crippen LogP contribution in [0.4, 0.5) is 0 Å². The molecule has 3 N–H and O–H groups in total. The summed E-state index contributed by atoms with van der Waals surface area (Å²) in [5.41, 5.74) is 5.07. The van der Waals surface area contributed by atoms with Crippen LogP contribution in [0.5, 0.6) is 0 Å². The average molecular weight is 258 g/mol. The van der Waals surface area contributed by atoms with Crippen molar-refractivity contribution in [3.63, 3.8) is 0 Å². The fraction of sp³-hybridized carbons (Fsp3) is 0.833. The van der Waals surface area contributed by atoms with Crippen LogP contribution in [-0.2, 0) is 9.53 Å². The van der Waals surface area contributed by atoms with Crippen LogP contribution >= 0.6 is 12.2 Å². The zero-order valence-electron chi connectivity index (χ0n) is 10.5. The summed E-state index contributed by atoms with van der Waals surface area (Å²) >= 11 is 4.98. The van der Waals surface area contributed by atoms with Gasteiger partial charge in [0.05, 0.1) is 17.0 Å². The highest BCUT2D eigenvalue weighted by atomic mass is 32.1. The predicted molar refractivity (Wildman–Crippen MR) is 71.8 cm³/mol. The summed E-state index contributed by atoms with van der Waals surface area (Å²) in [5, 5.41) is 2.85. The van der Waals surface area contributed by atoms with E-state index in [1.807, 2.05) is 0 Å². The van der Waals surface area contributed by atoms with E-state index in [-0.39, 0.29) is 5.91 Å². The van der Waals surface area contributed by atoms with Crippen LogP contribution in [-0.4, -0.2) is 30.7 Å². The third-order valence-corrected chi connectivity index (χ3v) is 3.68. The Bertz CT molecular complexity index is 278. The normalized spacial score (nSPS) is 17.2. The van der Waals surface area contributed by atoms with Crippen LogP contribution in [0.2, 0.25) is 0 Å². The van der Waals surface area contributed by atoms with E-state index in [2.05, 4.69) is 12.2 Å². The van der Waals surface area contributed by atoms with E-state index >= 15 is 0 Å². The second kappa shape index (κ2) is 6.91. The molecule has 0 aliphatic heterocycles. The molecule has 1 rings (SSSR count). The van der Waals surface area contributed by atoms with Crippen molar-refractivity contribution < 1.29 is 9.53 Å². The molecule has 1 fully saturated rings. The van der Waals surface area contributed by atoms with E-state index in [0.29, 0.717) is 18.1 Å². The highest BCUT2D eigenvalue weighted by molar-refractivity contribution is 7.80. The first kappa shape index (κ1) is 14.4. The standard InChI is InChI=1S/C12H22N2O2S/c1-2-3-8-16-9-7-14-11(15)12(10(13)17)5-4-6-12/h2-9H2,1H3,(H2,13,17)(H,14,15). The van der Waals surface area contributed by atoms with Gasteiger partial charge in [0.1, 0.15) is 0 Å². The molecule has 0 heterocycles.